The monoisotopic (exact) mass is 558 g/mol. The number of ether oxygens (including phenoxy) is 3. The smallest absolute Gasteiger partial charge is 0.338 e. The predicted molar refractivity (Wildman–Crippen MR) is 136 cm³/mol. The van der Waals surface area contributed by atoms with E-state index in [0.29, 0.717) is 36.4 Å². The van der Waals surface area contributed by atoms with E-state index >= 15 is 0 Å². The molecule has 8 nitrogen and oxygen atoms in total. The molecule has 2 aromatic carbocycles. The number of carbonyl (C=O) groups excluding carboxylic acids is 1. The number of methoxy groups -OCH3 is 2. The van der Waals surface area contributed by atoms with Crippen molar-refractivity contribution in [3.8, 4) is 17.2 Å². The van der Waals surface area contributed by atoms with Crippen LogP contribution in [0, 0.1) is 0 Å². The highest BCUT2D eigenvalue weighted by Crippen LogP contribution is 2.35. The van der Waals surface area contributed by atoms with Crippen LogP contribution in [0.15, 0.2) is 61.9 Å². The lowest BCUT2D eigenvalue weighted by molar-refractivity contribution is -0.139. The maximum atomic E-state index is 13.7. The number of halogens is 1. The SMILES string of the molecule is CCOC(=O)C1=C(C)N=c2s/c(=C\c3cc(Br)c(O)c(OC)c3)c(=O)n2C1c1ccc(OC)cc1. The number of esters is 1. The number of hydrogen-bond donors (Lipinski definition) is 1. The van der Waals surface area contributed by atoms with Gasteiger partial charge in [-0.25, -0.2) is 9.79 Å². The number of aromatic nitrogens is 1. The molecule has 0 fully saturated rings. The Morgan fingerprint density at radius 3 is 2.57 bits per heavy atom. The number of aromatic hydroxyl groups is 1. The predicted octanol–water partition coefficient (Wildman–Crippen LogP) is 3.28. The first kappa shape index (κ1) is 24.7. The maximum absolute atomic E-state index is 13.7. The van der Waals surface area contributed by atoms with E-state index < -0.39 is 12.0 Å². The minimum absolute atomic E-state index is 0.0275. The van der Waals surface area contributed by atoms with Gasteiger partial charge in [-0.1, -0.05) is 23.5 Å². The van der Waals surface area contributed by atoms with Crippen molar-refractivity contribution >= 4 is 39.3 Å². The third kappa shape index (κ3) is 4.63. The first-order valence-corrected chi connectivity index (χ1v) is 12.3. The van der Waals surface area contributed by atoms with Crippen molar-refractivity contribution in [3.05, 3.63) is 83.0 Å². The zero-order valence-electron chi connectivity index (χ0n) is 19.5. The Labute approximate surface area is 213 Å². The number of phenolic OH excluding ortho intramolecular Hbond substituents is 1. The van der Waals surface area contributed by atoms with Crippen LogP contribution in [0.5, 0.6) is 17.2 Å². The molecule has 1 N–H and O–H groups in total. The summed E-state index contributed by atoms with van der Waals surface area (Å²) in [5, 5.41) is 10.1. The van der Waals surface area contributed by atoms with Crippen LogP contribution in [-0.4, -0.2) is 36.5 Å². The topological polar surface area (TPSA) is 99.4 Å². The largest absolute Gasteiger partial charge is 0.503 e. The number of allylic oxidation sites excluding steroid dienone is 1. The summed E-state index contributed by atoms with van der Waals surface area (Å²) in [6.07, 6.45) is 1.70. The number of nitrogens with zero attached hydrogens (tertiary/aromatic N) is 2. The van der Waals surface area contributed by atoms with Gasteiger partial charge in [-0.2, -0.15) is 0 Å². The standard InChI is InChI=1S/C25H23BrN2O6S/c1-5-34-24(31)20-13(2)27-25-28(21(20)15-6-8-16(32-3)9-7-15)23(30)19(35-25)12-14-10-17(26)22(29)18(11-14)33-4/h6-12,21,29H,5H2,1-4H3/b19-12-. The average Bonchev–Trinajstić information content (AvgIpc) is 3.14. The van der Waals surface area contributed by atoms with Crippen molar-refractivity contribution in [3.63, 3.8) is 0 Å². The molecule has 0 saturated carbocycles. The van der Waals surface area contributed by atoms with Crippen LogP contribution in [0.2, 0.25) is 0 Å². The highest BCUT2D eigenvalue weighted by molar-refractivity contribution is 9.10. The first-order valence-electron chi connectivity index (χ1n) is 10.7. The number of thiazole rings is 1. The molecule has 0 spiro atoms. The van der Waals surface area contributed by atoms with Gasteiger partial charge in [-0.05, 0) is 71.2 Å². The van der Waals surface area contributed by atoms with Crippen molar-refractivity contribution in [2.75, 3.05) is 20.8 Å². The zero-order chi connectivity index (χ0) is 25.3. The number of rotatable bonds is 6. The molecular weight excluding hydrogens is 536 g/mol. The lowest BCUT2D eigenvalue weighted by Gasteiger charge is -2.24. The van der Waals surface area contributed by atoms with Gasteiger partial charge in [0.1, 0.15) is 5.75 Å². The molecule has 2 heterocycles. The van der Waals surface area contributed by atoms with Gasteiger partial charge in [-0.15, -0.1) is 0 Å². The van der Waals surface area contributed by atoms with Gasteiger partial charge in [-0.3, -0.25) is 9.36 Å². The van der Waals surface area contributed by atoms with Gasteiger partial charge < -0.3 is 19.3 Å². The summed E-state index contributed by atoms with van der Waals surface area (Å²) in [4.78, 5) is 31.6. The second-order valence-electron chi connectivity index (χ2n) is 7.63. The van der Waals surface area contributed by atoms with Crippen LogP contribution < -0.4 is 24.4 Å². The van der Waals surface area contributed by atoms with Crippen LogP contribution in [0.4, 0.5) is 0 Å². The van der Waals surface area contributed by atoms with Gasteiger partial charge in [0.05, 0.1) is 47.1 Å². The Balaban J connectivity index is 1.94. The summed E-state index contributed by atoms with van der Waals surface area (Å²) in [6, 6.07) is 9.81. The Morgan fingerprint density at radius 2 is 1.94 bits per heavy atom. The summed E-state index contributed by atoms with van der Waals surface area (Å²) in [5.41, 5.74) is 1.88. The Morgan fingerprint density at radius 1 is 1.23 bits per heavy atom. The second-order valence-corrected chi connectivity index (χ2v) is 9.49. The molecule has 0 aliphatic carbocycles. The van der Waals surface area contributed by atoms with E-state index in [1.54, 1.807) is 51.3 Å². The summed E-state index contributed by atoms with van der Waals surface area (Å²) < 4.78 is 18.2. The molecule has 10 heteroatoms. The van der Waals surface area contributed by atoms with Crippen molar-refractivity contribution in [1.82, 2.24) is 4.57 Å². The first-order chi connectivity index (χ1) is 16.8. The highest BCUT2D eigenvalue weighted by Gasteiger charge is 2.33. The molecule has 1 aliphatic heterocycles. The van der Waals surface area contributed by atoms with E-state index in [9.17, 15) is 14.7 Å². The van der Waals surface area contributed by atoms with Gasteiger partial charge in [0.25, 0.3) is 5.56 Å². The Hall–Kier alpha value is -3.37. The molecular formula is C25H23BrN2O6S. The van der Waals surface area contributed by atoms with Crippen LogP contribution in [0.25, 0.3) is 6.08 Å². The molecule has 0 radical (unpaired) electrons. The van der Waals surface area contributed by atoms with Gasteiger partial charge in [0.2, 0.25) is 0 Å². The number of fused-ring (bicyclic) bond motifs is 1. The van der Waals surface area contributed by atoms with Crippen LogP contribution in [0.1, 0.15) is 31.0 Å². The zero-order valence-corrected chi connectivity index (χ0v) is 21.9. The summed E-state index contributed by atoms with van der Waals surface area (Å²) in [6.45, 7) is 3.67. The van der Waals surface area contributed by atoms with Gasteiger partial charge in [0.15, 0.2) is 16.3 Å². The minimum atomic E-state index is -0.709. The van der Waals surface area contributed by atoms with Crippen molar-refractivity contribution in [2.45, 2.75) is 19.9 Å². The second kappa shape index (κ2) is 10.1. The third-order valence-corrected chi connectivity index (χ3v) is 7.10. The maximum Gasteiger partial charge on any atom is 0.338 e. The Bertz CT molecular complexity index is 1500. The molecule has 1 atom stereocenters. The number of benzene rings is 2. The molecule has 0 bridgehead atoms. The van der Waals surface area contributed by atoms with Crippen molar-refractivity contribution < 1.29 is 24.1 Å². The van der Waals surface area contributed by atoms with E-state index in [2.05, 4.69) is 20.9 Å². The number of hydrogen-bond acceptors (Lipinski definition) is 8. The molecule has 35 heavy (non-hydrogen) atoms. The number of carbonyl (C=O) groups is 1. The molecule has 4 rings (SSSR count). The molecule has 0 saturated heterocycles. The fourth-order valence-electron chi connectivity index (χ4n) is 3.88. The van der Waals surface area contributed by atoms with Crippen LogP contribution in [-0.2, 0) is 9.53 Å². The van der Waals surface area contributed by atoms with E-state index in [0.717, 1.165) is 5.56 Å². The molecule has 3 aromatic rings. The van der Waals surface area contributed by atoms with Crippen LogP contribution in [0.3, 0.4) is 0 Å². The van der Waals surface area contributed by atoms with E-state index in [1.807, 2.05) is 12.1 Å². The lowest BCUT2D eigenvalue weighted by Crippen LogP contribution is -2.39. The summed E-state index contributed by atoms with van der Waals surface area (Å²) in [7, 11) is 3.02. The van der Waals surface area contributed by atoms with Crippen molar-refractivity contribution in [1.29, 1.82) is 0 Å². The normalized spacial score (nSPS) is 15.5. The lowest BCUT2D eigenvalue weighted by atomic mass is 9.96. The number of phenols is 1. The van der Waals surface area contributed by atoms with E-state index in [1.165, 1.54) is 23.0 Å². The molecule has 1 aromatic heterocycles. The summed E-state index contributed by atoms with van der Waals surface area (Å²) in [5.74, 6) is 0.387. The molecule has 182 valence electrons. The Kier molecular flexibility index (Phi) is 7.13. The average molecular weight is 559 g/mol. The fraction of sp³-hybridized carbons (Fsp3) is 0.240. The van der Waals surface area contributed by atoms with E-state index in [4.69, 9.17) is 14.2 Å². The molecule has 1 unspecified atom stereocenters. The van der Waals surface area contributed by atoms with Crippen LogP contribution >= 0.6 is 27.3 Å². The van der Waals surface area contributed by atoms with Crippen molar-refractivity contribution in [2.24, 2.45) is 4.99 Å². The van der Waals surface area contributed by atoms with Gasteiger partial charge >= 0.3 is 5.97 Å². The summed E-state index contributed by atoms with van der Waals surface area (Å²) >= 11 is 4.52. The fourth-order valence-corrected chi connectivity index (χ4v) is 5.38. The van der Waals surface area contributed by atoms with Gasteiger partial charge in [0, 0.05) is 0 Å². The molecule has 0 amide bonds. The minimum Gasteiger partial charge on any atom is -0.503 e. The van der Waals surface area contributed by atoms with E-state index in [-0.39, 0.29) is 23.7 Å². The quantitative estimate of drug-likeness (QED) is 0.466. The molecule has 1 aliphatic rings. The highest BCUT2D eigenvalue weighted by atomic mass is 79.9. The third-order valence-electron chi connectivity index (χ3n) is 5.52.